The van der Waals surface area contributed by atoms with Crippen molar-refractivity contribution in [1.29, 1.82) is 0 Å². The van der Waals surface area contributed by atoms with Gasteiger partial charge >= 0.3 is 0 Å². The summed E-state index contributed by atoms with van der Waals surface area (Å²) in [5.41, 5.74) is 1.88. The quantitative estimate of drug-likeness (QED) is 0.455. The Morgan fingerprint density at radius 2 is 1.76 bits per heavy atom. The van der Waals surface area contributed by atoms with Crippen molar-refractivity contribution in [3.8, 4) is 5.75 Å². The molecule has 1 aliphatic carbocycles. The zero-order valence-corrected chi connectivity index (χ0v) is 22.9. The van der Waals surface area contributed by atoms with Crippen molar-refractivity contribution in [3.05, 3.63) is 63.6 Å². The lowest BCUT2D eigenvalue weighted by Crippen LogP contribution is -2.45. The van der Waals surface area contributed by atoms with Crippen molar-refractivity contribution < 1.29 is 14.3 Å². The van der Waals surface area contributed by atoms with E-state index in [1.165, 1.54) is 0 Å². The molecular weight excluding hydrogens is 509 g/mol. The number of hydrogen-bond donors (Lipinski definition) is 1. The molecule has 8 heteroatoms. The first-order chi connectivity index (χ1) is 17.9. The summed E-state index contributed by atoms with van der Waals surface area (Å²) in [5.74, 6) is 1.40. The summed E-state index contributed by atoms with van der Waals surface area (Å²) in [6.07, 6.45) is 5.43. The van der Waals surface area contributed by atoms with Crippen molar-refractivity contribution in [1.82, 2.24) is 15.1 Å². The van der Waals surface area contributed by atoms with E-state index in [0.29, 0.717) is 22.5 Å². The molecule has 2 aliphatic heterocycles. The van der Waals surface area contributed by atoms with Gasteiger partial charge in [-0.25, -0.2) is 0 Å². The van der Waals surface area contributed by atoms with Gasteiger partial charge in [-0.3, -0.25) is 9.59 Å². The topological polar surface area (TPSA) is 61.9 Å². The molecule has 2 heterocycles. The summed E-state index contributed by atoms with van der Waals surface area (Å²) in [4.78, 5) is 30.4. The Balaban J connectivity index is 1.16. The van der Waals surface area contributed by atoms with Gasteiger partial charge in [-0.2, -0.15) is 0 Å². The number of benzene rings is 2. The number of halogens is 2. The Labute approximate surface area is 229 Å². The van der Waals surface area contributed by atoms with Crippen LogP contribution in [0.2, 0.25) is 10.0 Å². The third-order valence-corrected chi connectivity index (χ3v) is 9.03. The van der Waals surface area contributed by atoms with Crippen molar-refractivity contribution in [2.45, 2.75) is 51.1 Å². The van der Waals surface area contributed by atoms with Crippen molar-refractivity contribution >= 4 is 35.0 Å². The molecule has 0 bridgehead atoms. The Hall–Kier alpha value is -2.28. The van der Waals surface area contributed by atoms with Gasteiger partial charge in [0.25, 0.3) is 0 Å². The average molecular weight is 545 g/mol. The highest BCUT2D eigenvalue weighted by Gasteiger charge is 2.47. The molecule has 1 atom stereocenters. The standard InChI is InChI=1S/C29H35Cl2N3O3/c1-37-23-7-2-20(3-8-23)19-34-17-13-29(28(34)36)11-15-33(16-12-29)14-10-26(32-27(35)21-4-5-21)22-6-9-24(30)25(31)18-22/h2-3,6-9,18,21,26H,4-5,10-17,19H2,1H3,(H,32,35). The predicted molar refractivity (Wildman–Crippen MR) is 146 cm³/mol. The Kier molecular flexibility index (Phi) is 7.99. The smallest absolute Gasteiger partial charge is 0.229 e. The molecule has 3 fully saturated rings. The van der Waals surface area contributed by atoms with Crippen LogP contribution in [0.15, 0.2) is 42.5 Å². The molecule has 2 aromatic rings. The highest BCUT2D eigenvalue weighted by Crippen LogP contribution is 2.42. The molecule has 2 aromatic carbocycles. The first-order valence-electron chi connectivity index (χ1n) is 13.3. The Morgan fingerprint density at radius 3 is 2.41 bits per heavy atom. The number of methoxy groups -OCH3 is 1. The fraction of sp³-hybridized carbons (Fsp3) is 0.517. The summed E-state index contributed by atoms with van der Waals surface area (Å²) in [6, 6.07) is 13.5. The number of carbonyl (C=O) groups excluding carboxylic acids is 2. The van der Waals surface area contributed by atoms with Gasteiger partial charge in [-0.1, -0.05) is 41.4 Å². The molecule has 1 unspecified atom stereocenters. The molecule has 1 N–H and O–H groups in total. The van der Waals surface area contributed by atoms with Gasteiger partial charge in [0, 0.05) is 25.6 Å². The van der Waals surface area contributed by atoms with E-state index in [1.54, 1.807) is 13.2 Å². The van der Waals surface area contributed by atoms with Crippen molar-refractivity contribution in [3.63, 3.8) is 0 Å². The minimum Gasteiger partial charge on any atom is -0.497 e. The van der Waals surface area contributed by atoms with E-state index in [9.17, 15) is 9.59 Å². The van der Waals surface area contributed by atoms with Gasteiger partial charge in [0.05, 0.1) is 28.6 Å². The minimum absolute atomic E-state index is 0.105. The highest BCUT2D eigenvalue weighted by molar-refractivity contribution is 6.42. The minimum atomic E-state index is -0.230. The number of ether oxygens (including phenoxy) is 1. The molecule has 1 spiro atoms. The fourth-order valence-electron chi connectivity index (χ4n) is 5.66. The van der Waals surface area contributed by atoms with E-state index < -0.39 is 0 Å². The number of piperidine rings is 1. The van der Waals surface area contributed by atoms with Crippen LogP contribution in [0.1, 0.15) is 55.7 Å². The Bertz CT molecular complexity index is 1130. The summed E-state index contributed by atoms with van der Waals surface area (Å²) in [6.45, 7) is 4.12. The number of carbonyl (C=O) groups is 2. The second-order valence-corrected chi connectivity index (χ2v) is 11.6. The second-order valence-electron chi connectivity index (χ2n) is 10.7. The molecule has 1 saturated carbocycles. The van der Waals surface area contributed by atoms with Crippen LogP contribution in [0.4, 0.5) is 0 Å². The van der Waals surface area contributed by atoms with Gasteiger partial charge in [0.2, 0.25) is 11.8 Å². The molecule has 6 nitrogen and oxygen atoms in total. The van der Waals surface area contributed by atoms with Gasteiger partial charge in [0.15, 0.2) is 0 Å². The molecule has 37 heavy (non-hydrogen) atoms. The summed E-state index contributed by atoms with van der Waals surface area (Å²) < 4.78 is 5.24. The third-order valence-electron chi connectivity index (χ3n) is 8.29. The van der Waals surface area contributed by atoms with Crippen LogP contribution >= 0.6 is 23.2 Å². The van der Waals surface area contributed by atoms with E-state index in [0.717, 1.165) is 81.6 Å². The molecule has 5 rings (SSSR count). The molecule has 198 valence electrons. The average Bonchev–Trinajstić information content (AvgIpc) is 3.73. The molecule has 0 radical (unpaired) electrons. The fourth-order valence-corrected chi connectivity index (χ4v) is 5.97. The van der Waals surface area contributed by atoms with E-state index in [2.05, 4.69) is 10.2 Å². The SMILES string of the molecule is COc1ccc(CN2CCC3(CCN(CCC(NC(=O)C4CC4)c4ccc(Cl)c(Cl)c4)CC3)C2=O)cc1. The summed E-state index contributed by atoms with van der Waals surface area (Å²) in [5, 5.41) is 4.26. The van der Waals surface area contributed by atoms with Crippen molar-refractivity contribution in [2.75, 3.05) is 33.3 Å². The van der Waals surface area contributed by atoms with Gasteiger partial charge in [-0.15, -0.1) is 0 Å². The lowest BCUT2D eigenvalue weighted by molar-refractivity contribution is -0.139. The molecule has 2 amide bonds. The first kappa shape index (κ1) is 26.3. The second kappa shape index (κ2) is 11.2. The largest absolute Gasteiger partial charge is 0.497 e. The maximum Gasteiger partial charge on any atom is 0.229 e. The zero-order chi connectivity index (χ0) is 26.0. The van der Waals surface area contributed by atoms with Crippen LogP contribution < -0.4 is 10.1 Å². The van der Waals surface area contributed by atoms with E-state index >= 15 is 0 Å². The number of nitrogens with zero attached hydrogens (tertiary/aromatic N) is 2. The van der Waals surface area contributed by atoms with Crippen LogP contribution in [-0.2, 0) is 16.1 Å². The van der Waals surface area contributed by atoms with E-state index in [-0.39, 0.29) is 23.3 Å². The number of hydrogen-bond acceptors (Lipinski definition) is 4. The number of amides is 2. The predicted octanol–water partition coefficient (Wildman–Crippen LogP) is 5.47. The number of rotatable bonds is 9. The van der Waals surface area contributed by atoms with Gasteiger partial charge in [0.1, 0.15) is 5.75 Å². The first-order valence-corrected chi connectivity index (χ1v) is 14.0. The lowest BCUT2D eigenvalue weighted by Gasteiger charge is -2.38. The van der Waals surface area contributed by atoms with Crippen molar-refractivity contribution in [2.24, 2.45) is 11.3 Å². The van der Waals surface area contributed by atoms with Gasteiger partial charge in [-0.05, 0) is 87.0 Å². The normalized spacial score (nSPS) is 20.3. The maximum atomic E-state index is 13.4. The van der Waals surface area contributed by atoms with Gasteiger partial charge < -0.3 is 19.9 Å². The molecule has 0 aromatic heterocycles. The van der Waals surface area contributed by atoms with Crippen LogP contribution in [-0.4, -0.2) is 54.9 Å². The molecule has 2 saturated heterocycles. The Morgan fingerprint density at radius 1 is 1.05 bits per heavy atom. The summed E-state index contributed by atoms with van der Waals surface area (Å²) >= 11 is 12.4. The number of nitrogens with one attached hydrogen (secondary N) is 1. The maximum absolute atomic E-state index is 13.4. The van der Waals surface area contributed by atoms with Crippen LogP contribution in [0, 0.1) is 11.3 Å². The molecule has 3 aliphatic rings. The molecular formula is C29H35Cl2N3O3. The number of likely N-dealkylation sites (tertiary alicyclic amines) is 2. The zero-order valence-electron chi connectivity index (χ0n) is 21.3. The highest BCUT2D eigenvalue weighted by atomic mass is 35.5. The van der Waals surface area contributed by atoms with Crippen LogP contribution in [0.5, 0.6) is 5.75 Å². The van der Waals surface area contributed by atoms with Crippen LogP contribution in [0.25, 0.3) is 0 Å². The monoisotopic (exact) mass is 543 g/mol. The summed E-state index contributed by atoms with van der Waals surface area (Å²) in [7, 11) is 1.66. The third kappa shape index (κ3) is 6.08. The lowest BCUT2D eigenvalue weighted by atomic mass is 9.77. The van der Waals surface area contributed by atoms with E-state index in [1.807, 2.05) is 41.3 Å². The van der Waals surface area contributed by atoms with Crippen LogP contribution in [0.3, 0.4) is 0 Å². The van der Waals surface area contributed by atoms with E-state index in [4.69, 9.17) is 27.9 Å².